The van der Waals surface area contributed by atoms with Gasteiger partial charge in [0.25, 0.3) is 0 Å². The van der Waals surface area contributed by atoms with E-state index in [1.165, 1.54) is 6.08 Å². The normalized spacial score (nSPS) is 11.4. The minimum absolute atomic E-state index is 0.0584. The number of hydrogen-bond acceptors (Lipinski definition) is 3. The van der Waals surface area contributed by atoms with Gasteiger partial charge in [-0.25, -0.2) is 8.42 Å². The van der Waals surface area contributed by atoms with Crippen LogP contribution < -0.4 is 10.0 Å². The lowest BCUT2D eigenvalue weighted by Crippen LogP contribution is -2.17. The summed E-state index contributed by atoms with van der Waals surface area (Å²) in [4.78, 5) is 12.1. The summed E-state index contributed by atoms with van der Waals surface area (Å²) in [6.07, 6.45) is 3.70. The molecule has 0 spiro atoms. The number of amides is 1. The number of carbonyl (C=O) groups is 1. The van der Waals surface area contributed by atoms with Crippen molar-refractivity contribution in [3.05, 3.63) is 65.7 Å². The van der Waals surface area contributed by atoms with Crippen LogP contribution in [0.15, 0.2) is 54.6 Å². The van der Waals surface area contributed by atoms with Gasteiger partial charge in [0, 0.05) is 11.8 Å². The minimum Gasteiger partial charge on any atom is -0.322 e. The molecule has 2 aromatic carbocycles. The van der Waals surface area contributed by atoms with E-state index in [9.17, 15) is 13.2 Å². The molecule has 0 saturated heterocycles. The summed E-state index contributed by atoms with van der Waals surface area (Å²) in [5, 5.41) is 2.78. The zero-order chi connectivity index (χ0) is 18.3. The van der Waals surface area contributed by atoms with E-state index in [4.69, 9.17) is 0 Å². The third-order valence-corrected chi connectivity index (χ3v) is 5.03. The fraction of sp³-hybridized carbons (Fsp3) is 0.211. The van der Waals surface area contributed by atoms with E-state index in [0.717, 1.165) is 5.56 Å². The van der Waals surface area contributed by atoms with Crippen molar-refractivity contribution in [2.75, 3.05) is 15.8 Å². The molecule has 2 N–H and O–H groups in total. The molecule has 0 saturated carbocycles. The van der Waals surface area contributed by atoms with Crippen molar-refractivity contribution in [3.63, 3.8) is 0 Å². The summed E-state index contributed by atoms with van der Waals surface area (Å²) in [5.74, 6) is -0.219. The Morgan fingerprint density at radius 1 is 1.04 bits per heavy atom. The lowest BCUT2D eigenvalue weighted by atomic mass is 10.1. The van der Waals surface area contributed by atoms with Crippen LogP contribution in [-0.2, 0) is 14.8 Å². The maximum absolute atomic E-state index is 12.1. The predicted molar refractivity (Wildman–Crippen MR) is 103 cm³/mol. The molecule has 1 amide bonds. The molecule has 0 fully saturated rings. The zero-order valence-corrected chi connectivity index (χ0v) is 15.1. The topological polar surface area (TPSA) is 75.3 Å². The summed E-state index contributed by atoms with van der Waals surface area (Å²) < 4.78 is 26.4. The van der Waals surface area contributed by atoms with Crippen LogP contribution in [0.2, 0.25) is 0 Å². The van der Waals surface area contributed by atoms with Gasteiger partial charge < -0.3 is 5.32 Å². The number of sulfonamides is 1. The second-order valence-electron chi connectivity index (χ2n) is 5.63. The van der Waals surface area contributed by atoms with E-state index in [1.807, 2.05) is 37.3 Å². The van der Waals surface area contributed by atoms with E-state index in [2.05, 4.69) is 10.0 Å². The second kappa shape index (κ2) is 8.48. The van der Waals surface area contributed by atoms with E-state index < -0.39 is 10.0 Å². The summed E-state index contributed by atoms with van der Waals surface area (Å²) in [7, 11) is -3.38. The van der Waals surface area contributed by atoms with Crippen molar-refractivity contribution >= 4 is 33.4 Å². The van der Waals surface area contributed by atoms with Gasteiger partial charge in [0.15, 0.2) is 0 Å². The molecule has 6 heteroatoms. The van der Waals surface area contributed by atoms with Crippen LogP contribution in [-0.4, -0.2) is 20.1 Å². The van der Waals surface area contributed by atoms with Crippen molar-refractivity contribution in [2.45, 2.75) is 20.3 Å². The molecule has 25 heavy (non-hydrogen) atoms. The Morgan fingerprint density at radius 3 is 2.40 bits per heavy atom. The molecule has 132 valence electrons. The Bertz CT molecular complexity index is 859. The molecule has 0 radical (unpaired) electrons. The first-order chi connectivity index (χ1) is 11.9. The zero-order valence-electron chi connectivity index (χ0n) is 14.3. The Hall–Kier alpha value is -2.60. The molecule has 2 rings (SSSR count). The Labute approximate surface area is 148 Å². The SMILES string of the molecule is CCCS(=O)(=O)Nc1cccc(NC(=O)/C=C/c2ccccc2)c1C. The van der Waals surface area contributed by atoms with Crippen LogP contribution in [0.25, 0.3) is 6.08 Å². The fourth-order valence-electron chi connectivity index (χ4n) is 2.28. The van der Waals surface area contributed by atoms with Gasteiger partial charge in [-0.05, 0) is 42.7 Å². The minimum atomic E-state index is -3.38. The molecule has 0 aromatic heterocycles. The van der Waals surface area contributed by atoms with Gasteiger partial charge in [0.1, 0.15) is 0 Å². The maximum atomic E-state index is 12.1. The molecule has 0 heterocycles. The van der Waals surface area contributed by atoms with E-state index in [-0.39, 0.29) is 11.7 Å². The van der Waals surface area contributed by atoms with Gasteiger partial charge in [-0.1, -0.05) is 43.3 Å². The molecule has 0 aliphatic carbocycles. The van der Waals surface area contributed by atoms with Gasteiger partial charge in [-0.15, -0.1) is 0 Å². The Kier molecular flexibility index (Phi) is 6.36. The van der Waals surface area contributed by atoms with Gasteiger partial charge in [-0.3, -0.25) is 9.52 Å². The number of anilines is 2. The standard InChI is InChI=1S/C19H22N2O3S/c1-3-14-25(23,24)21-18-11-7-10-17(15(18)2)20-19(22)13-12-16-8-5-4-6-9-16/h4-13,21H,3,14H2,1-2H3,(H,20,22)/b13-12+. The highest BCUT2D eigenvalue weighted by Crippen LogP contribution is 2.24. The Morgan fingerprint density at radius 2 is 1.72 bits per heavy atom. The lowest BCUT2D eigenvalue weighted by Gasteiger charge is -2.13. The van der Waals surface area contributed by atoms with Gasteiger partial charge >= 0.3 is 0 Å². The molecule has 0 aliphatic rings. The van der Waals surface area contributed by atoms with Crippen LogP contribution in [0.1, 0.15) is 24.5 Å². The molecular formula is C19H22N2O3S. The van der Waals surface area contributed by atoms with Crippen molar-refractivity contribution < 1.29 is 13.2 Å². The summed E-state index contributed by atoms with van der Waals surface area (Å²) in [6.45, 7) is 3.57. The lowest BCUT2D eigenvalue weighted by molar-refractivity contribution is -0.111. The first-order valence-corrected chi connectivity index (χ1v) is 9.71. The maximum Gasteiger partial charge on any atom is 0.248 e. The summed E-state index contributed by atoms with van der Waals surface area (Å²) in [5.41, 5.74) is 2.64. The van der Waals surface area contributed by atoms with Crippen LogP contribution in [0.3, 0.4) is 0 Å². The van der Waals surface area contributed by atoms with Gasteiger partial charge in [0.05, 0.1) is 11.4 Å². The number of rotatable bonds is 7. The molecular weight excluding hydrogens is 336 g/mol. The second-order valence-corrected chi connectivity index (χ2v) is 7.47. The molecule has 0 bridgehead atoms. The van der Waals surface area contributed by atoms with Crippen LogP contribution in [0.5, 0.6) is 0 Å². The Balaban J connectivity index is 2.11. The van der Waals surface area contributed by atoms with Crippen molar-refractivity contribution in [2.24, 2.45) is 0 Å². The highest BCUT2D eigenvalue weighted by atomic mass is 32.2. The third kappa shape index (κ3) is 5.76. The van der Waals surface area contributed by atoms with Gasteiger partial charge in [0.2, 0.25) is 15.9 Å². The van der Waals surface area contributed by atoms with Crippen molar-refractivity contribution in [3.8, 4) is 0 Å². The van der Waals surface area contributed by atoms with Gasteiger partial charge in [-0.2, -0.15) is 0 Å². The van der Waals surface area contributed by atoms with E-state index in [0.29, 0.717) is 23.4 Å². The fourth-order valence-corrected chi connectivity index (χ4v) is 3.48. The predicted octanol–water partition coefficient (Wildman–Crippen LogP) is 3.80. The average molecular weight is 358 g/mol. The first-order valence-electron chi connectivity index (χ1n) is 8.05. The first kappa shape index (κ1) is 18.7. The van der Waals surface area contributed by atoms with Crippen LogP contribution in [0.4, 0.5) is 11.4 Å². The number of hydrogen-bond donors (Lipinski definition) is 2. The smallest absolute Gasteiger partial charge is 0.248 e. The van der Waals surface area contributed by atoms with E-state index >= 15 is 0 Å². The molecule has 2 aromatic rings. The number of benzene rings is 2. The van der Waals surface area contributed by atoms with Crippen LogP contribution in [0, 0.1) is 6.92 Å². The molecule has 0 atom stereocenters. The highest BCUT2D eigenvalue weighted by molar-refractivity contribution is 7.92. The monoisotopic (exact) mass is 358 g/mol. The molecule has 0 aliphatic heterocycles. The van der Waals surface area contributed by atoms with Crippen molar-refractivity contribution in [1.82, 2.24) is 0 Å². The van der Waals surface area contributed by atoms with Crippen LogP contribution >= 0.6 is 0 Å². The van der Waals surface area contributed by atoms with Crippen molar-refractivity contribution in [1.29, 1.82) is 0 Å². The summed E-state index contributed by atoms with van der Waals surface area (Å²) >= 11 is 0. The van der Waals surface area contributed by atoms with E-state index in [1.54, 1.807) is 31.2 Å². The number of nitrogens with one attached hydrogen (secondary N) is 2. The number of carbonyl (C=O) groups excluding carboxylic acids is 1. The summed E-state index contributed by atoms with van der Waals surface area (Å²) in [6, 6.07) is 14.6. The average Bonchev–Trinajstić information content (AvgIpc) is 2.57. The molecule has 0 unspecified atom stereocenters. The highest BCUT2D eigenvalue weighted by Gasteiger charge is 2.12. The quantitative estimate of drug-likeness (QED) is 0.739. The molecule has 5 nitrogen and oxygen atoms in total. The largest absolute Gasteiger partial charge is 0.322 e. The third-order valence-electron chi connectivity index (χ3n) is 3.56.